The van der Waals surface area contributed by atoms with Gasteiger partial charge < -0.3 is 10.1 Å². The smallest absolute Gasteiger partial charge is 0.263 e. The van der Waals surface area contributed by atoms with Crippen LogP contribution in [0, 0.1) is 13.8 Å². The van der Waals surface area contributed by atoms with Gasteiger partial charge in [-0.05, 0) is 55.3 Å². The zero-order valence-corrected chi connectivity index (χ0v) is 16.9. The van der Waals surface area contributed by atoms with E-state index in [9.17, 15) is 8.42 Å². The lowest BCUT2D eigenvalue weighted by atomic mass is 10.1. The third-order valence-corrected chi connectivity index (χ3v) is 5.77. The second-order valence-electron chi connectivity index (χ2n) is 6.51. The number of methoxy groups -OCH3 is 1. The molecule has 0 aliphatic carbocycles. The van der Waals surface area contributed by atoms with Gasteiger partial charge in [-0.15, -0.1) is 0 Å². The predicted molar refractivity (Wildman–Crippen MR) is 111 cm³/mol. The van der Waals surface area contributed by atoms with Gasteiger partial charge in [-0.25, -0.2) is 13.4 Å². The lowest BCUT2D eigenvalue weighted by Gasteiger charge is -2.12. The van der Waals surface area contributed by atoms with Gasteiger partial charge in [0.25, 0.3) is 10.0 Å². The molecule has 0 radical (unpaired) electrons. The molecule has 7 heteroatoms. The number of hydrogen-bond donors (Lipinski definition) is 2. The van der Waals surface area contributed by atoms with Crippen LogP contribution in [0.3, 0.4) is 0 Å². The summed E-state index contributed by atoms with van der Waals surface area (Å²) < 4.78 is 32.9. The van der Waals surface area contributed by atoms with E-state index in [2.05, 4.69) is 34.1 Å². The number of sulfonamides is 1. The predicted octanol–water partition coefficient (Wildman–Crippen LogP) is 4.12. The van der Waals surface area contributed by atoms with Gasteiger partial charge in [0.1, 0.15) is 11.6 Å². The van der Waals surface area contributed by atoms with Crippen LogP contribution in [0.25, 0.3) is 0 Å². The van der Waals surface area contributed by atoms with Crippen molar-refractivity contribution >= 4 is 21.5 Å². The number of hydrogen-bond acceptors (Lipinski definition) is 5. The first-order valence-electron chi connectivity index (χ1n) is 8.80. The molecule has 3 rings (SSSR count). The highest BCUT2D eigenvalue weighted by Crippen LogP contribution is 2.23. The molecule has 0 aliphatic heterocycles. The molecular formula is C21H23N3O3S. The molecule has 0 atom stereocenters. The van der Waals surface area contributed by atoms with Crippen LogP contribution in [0.4, 0.5) is 11.5 Å². The van der Waals surface area contributed by atoms with Crippen molar-refractivity contribution in [1.82, 2.24) is 4.98 Å². The van der Waals surface area contributed by atoms with Gasteiger partial charge >= 0.3 is 0 Å². The molecule has 1 heterocycles. The molecule has 0 amide bonds. The zero-order chi connectivity index (χ0) is 20.1. The van der Waals surface area contributed by atoms with Gasteiger partial charge in [-0.3, -0.25) is 4.72 Å². The van der Waals surface area contributed by atoms with Gasteiger partial charge in [0.2, 0.25) is 0 Å². The summed E-state index contributed by atoms with van der Waals surface area (Å²) in [4.78, 5) is 4.40. The van der Waals surface area contributed by atoms with E-state index in [0.717, 1.165) is 5.69 Å². The van der Waals surface area contributed by atoms with Crippen molar-refractivity contribution in [1.29, 1.82) is 0 Å². The highest BCUT2D eigenvalue weighted by Gasteiger charge is 2.18. The highest BCUT2D eigenvalue weighted by atomic mass is 32.2. The Kier molecular flexibility index (Phi) is 5.84. The van der Waals surface area contributed by atoms with Crippen LogP contribution in [0.2, 0.25) is 0 Å². The van der Waals surface area contributed by atoms with Gasteiger partial charge in [0.15, 0.2) is 0 Å². The topological polar surface area (TPSA) is 80.3 Å². The SMILES string of the molecule is COc1ccc(S(=O)(=O)Nc2ccc(NCc3cccc(C)c3)cn2)c(C)c1. The fraction of sp³-hybridized carbons (Fsp3) is 0.190. The second kappa shape index (κ2) is 8.31. The van der Waals surface area contributed by atoms with E-state index in [4.69, 9.17) is 4.74 Å². The van der Waals surface area contributed by atoms with E-state index < -0.39 is 10.0 Å². The van der Waals surface area contributed by atoms with Crippen molar-refractivity contribution in [3.05, 3.63) is 77.5 Å². The van der Waals surface area contributed by atoms with Crippen LogP contribution in [-0.4, -0.2) is 20.5 Å². The summed E-state index contributed by atoms with van der Waals surface area (Å²) >= 11 is 0. The number of nitrogens with one attached hydrogen (secondary N) is 2. The molecule has 6 nitrogen and oxygen atoms in total. The number of anilines is 2. The van der Waals surface area contributed by atoms with E-state index in [1.165, 1.54) is 17.2 Å². The van der Waals surface area contributed by atoms with E-state index in [0.29, 0.717) is 17.9 Å². The van der Waals surface area contributed by atoms with Crippen molar-refractivity contribution in [2.45, 2.75) is 25.3 Å². The number of ether oxygens (including phenoxy) is 1. The molecule has 0 aliphatic rings. The quantitative estimate of drug-likeness (QED) is 0.627. The summed E-state index contributed by atoms with van der Waals surface area (Å²) in [6.07, 6.45) is 1.61. The van der Waals surface area contributed by atoms with E-state index in [1.807, 2.05) is 12.1 Å². The molecule has 2 N–H and O–H groups in total. The first kappa shape index (κ1) is 19.7. The van der Waals surface area contributed by atoms with Crippen LogP contribution in [0.5, 0.6) is 5.75 Å². The maximum absolute atomic E-state index is 12.6. The van der Waals surface area contributed by atoms with Crippen molar-refractivity contribution in [2.24, 2.45) is 0 Å². The van der Waals surface area contributed by atoms with E-state index in [-0.39, 0.29) is 10.7 Å². The summed E-state index contributed by atoms with van der Waals surface area (Å²) in [5.41, 5.74) is 3.78. The van der Waals surface area contributed by atoms with Crippen LogP contribution in [0.1, 0.15) is 16.7 Å². The number of aryl methyl sites for hydroxylation is 2. The molecule has 0 bridgehead atoms. The molecule has 28 heavy (non-hydrogen) atoms. The monoisotopic (exact) mass is 397 g/mol. The number of rotatable bonds is 7. The summed E-state index contributed by atoms with van der Waals surface area (Å²) in [6, 6.07) is 16.5. The lowest BCUT2D eigenvalue weighted by Crippen LogP contribution is -2.15. The standard InChI is InChI=1S/C21H23N3O3S/c1-15-5-4-6-17(11-15)13-22-18-7-10-21(23-14-18)24-28(25,26)20-9-8-19(27-3)12-16(20)2/h4-12,14,22H,13H2,1-3H3,(H,23,24). The molecule has 1 aromatic heterocycles. The summed E-state index contributed by atoms with van der Waals surface area (Å²) in [5.74, 6) is 0.870. The third-order valence-electron chi connectivity index (χ3n) is 4.25. The van der Waals surface area contributed by atoms with E-state index in [1.54, 1.807) is 44.5 Å². The molecular weight excluding hydrogens is 374 g/mol. The van der Waals surface area contributed by atoms with Gasteiger partial charge in [0.05, 0.1) is 23.9 Å². The number of pyridine rings is 1. The fourth-order valence-electron chi connectivity index (χ4n) is 2.83. The highest BCUT2D eigenvalue weighted by molar-refractivity contribution is 7.92. The zero-order valence-electron chi connectivity index (χ0n) is 16.1. The fourth-order valence-corrected chi connectivity index (χ4v) is 4.06. The van der Waals surface area contributed by atoms with Crippen molar-refractivity contribution in [3.8, 4) is 5.75 Å². The summed E-state index contributed by atoms with van der Waals surface area (Å²) in [7, 11) is -2.19. The number of benzene rings is 2. The first-order chi connectivity index (χ1) is 13.4. The lowest BCUT2D eigenvalue weighted by molar-refractivity contribution is 0.414. The Balaban J connectivity index is 1.68. The summed E-state index contributed by atoms with van der Waals surface area (Å²) in [5, 5.41) is 3.28. The van der Waals surface area contributed by atoms with Crippen molar-refractivity contribution in [2.75, 3.05) is 17.1 Å². The number of aromatic nitrogens is 1. The average molecular weight is 398 g/mol. The largest absolute Gasteiger partial charge is 0.497 e. The van der Waals surface area contributed by atoms with E-state index >= 15 is 0 Å². The Hall–Kier alpha value is -3.06. The Morgan fingerprint density at radius 2 is 1.86 bits per heavy atom. The van der Waals surface area contributed by atoms with Crippen LogP contribution in [0.15, 0.2) is 65.7 Å². The van der Waals surface area contributed by atoms with Gasteiger partial charge in [0, 0.05) is 6.54 Å². The normalized spacial score (nSPS) is 11.1. The molecule has 0 saturated heterocycles. The minimum Gasteiger partial charge on any atom is -0.497 e. The van der Waals surface area contributed by atoms with Crippen LogP contribution >= 0.6 is 0 Å². The molecule has 146 valence electrons. The molecule has 2 aromatic carbocycles. The number of nitrogens with zero attached hydrogens (tertiary/aromatic N) is 1. The maximum atomic E-state index is 12.6. The molecule has 0 fully saturated rings. The Bertz CT molecular complexity index is 1060. The average Bonchev–Trinajstić information content (AvgIpc) is 2.67. The van der Waals surface area contributed by atoms with Crippen LogP contribution < -0.4 is 14.8 Å². The Labute approximate surface area is 165 Å². The second-order valence-corrected chi connectivity index (χ2v) is 8.16. The molecule has 3 aromatic rings. The maximum Gasteiger partial charge on any atom is 0.263 e. The summed E-state index contributed by atoms with van der Waals surface area (Å²) in [6.45, 7) is 4.44. The molecule has 0 saturated carbocycles. The Morgan fingerprint density at radius 3 is 2.50 bits per heavy atom. The van der Waals surface area contributed by atoms with Crippen molar-refractivity contribution < 1.29 is 13.2 Å². The Morgan fingerprint density at radius 1 is 1.04 bits per heavy atom. The minimum absolute atomic E-state index is 0.191. The molecule has 0 unspecified atom stereocenters. The van der Waals surface area contributed by atoms with Gasteiger partial charge in [-0.2, -0.15) is 0 Å². The third kappa shape index (κ3) is 4.80. The minimum atomic E-state index is -3.73. The molecule has 0 spiro atoms. The first-order valence-corrected chi connectivity index (χ1v) is 10.3. The van der Waals surface area contributed by atoms with Crippen LogP contribution in [-0.2, 0) is 16.6 Å². The van der Waals surface area contributed by atoms with Gasteiger partial charge in [-0.1, -0.05) is 29.8 Å². The van der Waals surface area contributed by atoms with Crippen molar-refractivity contribution in [3.63, 3.8) is 0 Å².